The van der Waals surface area contributed by atoms with Crippen molar-refractivity contribution in [3.8, 4) is 0 Å². The summed E-state index contributed by atoms with van der Waals surface area (Å²) >= 11 is 0. The van der Waals surface area contributed by atoms with E-state index in [1.165, 1.54) is 75.2 Å². The van der Waals surface area contributed by atoms with Crippen LogP contribution in [0.25, 0.3) is 0 Å². The molecule has 10 heteroatoms. The predicted octanol–water partition coefficient (Wildman–Crippen LogP) is 13.2. The van der Waals surface area contributed by atoms with Crippen molar-refractivity contribution >= 4 is 23.6 Å². The van der Waals surface area contributed by atoms with Gasteiger partial charge in [-0.05, 0) is 82.8 Å². The lowest BCUT2D eigenvalue weighted by molar-refractivity contribution is -0.150. The summed E-state index contributed by atoms with van der Waals surface area (Å²) in [6.45, 7) is 37.7. The molecular weight excluding hydrogens is 797 g/mol. The minimum absolute atomic E-state index is 0. The first-order valence-electron chi connectivity index (χ1n) is 22.7. The van der Waals surface area contributed by atoms with E-state index in [2.05, 4.69) is 72.1 Å². The van der Waals surface area contributed by atoms with E-state index in [1.807, 2.05) is 96.9 Å². The Balaban J connectivity index is -0.0000000789. The van der Waals surface area contributed by atoms with Crippen LogP contribution in [-0.4, -0.2) is 135 Å². The molecule has 7 rings (SSSR count). The maximum Gasteiger partial charge on any atom is 0.261 e. The van der Waals surface area contributed by atoms with Crippen LogP contribution in [0.15, 0.2) is 48.5 Å². The van der Waals surface area contributed by atoms with Crippen LogP contribution in [0.3, 0.4) is 0 Å². The van der Waals surface area contributed by atoms with Crippen molar-refractivity contribution in [2.24, 2.45) is 5.41 Å². The van der Waals surface area contributed by atoms with Gasteiger partial charge in [-0.3, -0.25) is 33.9 Å². The normalized spacial score (nSPS) is 15.9. The number of hydrogen-bond acceptors (Lipinski definition) is 8. The van der Waals surface area contributed by atoms with Crippen molar-refractivity contribution in [1.82, 2.24) is 29.4 Å². The van der Waals surface area contributed by atoms with E-state index in [0.717, 1.165) is 18.0 Å². The van der Waals surface area contributed by atoms with Crippen LogP contribution in [0.1, 0.15) is 192 Å². The van der Waals surface area contributed by atoms with Crippen LogP contribution in [0, 0.1) is 5.41 Å². The zero-order valence-electron chi connectivity index (χ0n) is 41.9. The summed E-state index contributed by atoms with van der Waals surface area (Å²) < 4.78 is 0. The molecule has 0 radical (unpaired) electrons. The van der Waals surface area contributed by atoms with E-state index >= 15 is 0 Å². The topological polar surface area (TPSA) is 87.7 Å². The van der Waals surface area contributed by atoms with Gasteiger partial charge in [0.25, 0.3) is 11.8 Å². The van der Waals surface area contributed by atoms with Crippen molar-refractivity contribution in [3.63, 3.8) is 0 Å². The molecule has 10 nitrogen and oxygen atoms in total. The van der Waals surface area contributed by atoms with Gasteiger partial charge in [-0.25, -0.2) is 0 Å². The molecule has 3 fully saturated rings. The molecule has 64 heavy (non-hydrogen) atoms. The molecule has 2 aromatic rings. The van der Waals surface area contributed by atoms with Gasteiger partial charge in [0, 0.05) is 66.2 Å². The first-order valence-corrected chi connectivity index (χ1v) is 22.7. The van der Waals surface area contributed by atoms with E-state index in [9.17, 15) is 19.2 Å². The number of fused-ring (bicyclic) bond motifs is 2. The van der Waals surface area contributed by atoms with Crippen LogP contribution < -0.4 is 0 Å². The number of amides is 4. The molecule has 4 amide bonds. The molecule has 3 saturated heterocycles. The molecule has 382 valence electrons. The number of imide groups is 2. The molecule has 2 aromatic carbocycles. The van der Waals surface area contributed by atoms with Crippen molar-refractivity contribution in [2.75, 3.05) is 81.6 Å². The number of piperidine rings is 1. The highest BCUT2D eigenvalue weighted by Crippen LogP contribution is 2.30. The minimum Gasteiger partial charge on any atom is -0.306 e. The quantitative estimate of drug-likeness (QED) is 0.242. The largest absolute Gasteiger partial charge is 0.306 e. The van der Waals surface area contributed by atoms with Gasteiger partial charge in [0.05, 0.1) is 11.1 Å². The van der Waals surface area contributed by atoms with Crippen molar-refractivity contribution in [3.05, 3.63) is 70.8 Å². The SMILES string of the molecule is C.C.C.C.C.CC.CC.CC.CC.CC.CC.CN1C(=O)CC(C)(C)CC1=O.CN1C(=O)c2ccccc2C1=O.CN1CCCC1.CN1CCN(C)CC1.CN1Cc2ccccc2C1. The molecule has 0 spiro atoms. The fourth-order valence-corrected chi connectivity index (χ4v) is 5.85. The summed E-state index contributed by atoms with van der Waals surface area (Å²) in [6, 6.07) is 15.5. The third kappa shape index (κ3) is 32.3. The van der Waals surface area contributed by atoms with Crippen molar-refractivity contribution in [1.29, 1.82) is 0 Å². The Kier molecular flexibility index (Phi) is 61.9. The third-order valence-electron chi connectivity index (χ3n) is 9.06. The summed E-state index contributed by atoms with van der Waals surface area (Å²) in [6.07, 6.45) is 3.79. The molecule has 0 unspecified atom stereocenters. The van der Waals surface area contributed by atoms with Crippen LogP contribution in [-0.2, 0) is 22.7 Å². The number of carbonyl (C=O) groups is 4. The van der Waals surface area contributed by atoms with E-state index < -0.39 is 0 Å². The highest BCUT2D eigenvalue weighted by Gasteiger charge is 2.35. The highest BCUT2D eigenvalue weighted by atomic mass is 16.2. The number of benzene rings is 2. The number of hydrogen-bond donors (Lipinski definition) is 0. The smallest absolute Gasteiger partial charge is 0.261 e. The van der Waals surface area contributed by atoms with Crippen molar-refractivity contribution < 1.29 is 19.2 Å². The van der Waals surface area contributed by atoms with Gasteiger partial charge < -0.3 is 14.7 Å². The Bertz CT molecular complexity index is 1280. The predicted molar refractivity (Wildman–Crippen MR) is 289 cm³/mol. The lowest BCUT2D eigenvalue weighted by atomic mass is 9.82. The van der Waals surface area contributed by atoms with Gasteiger partial charge in [-0.15, -0.1) is 0 Å². The minimum atomic E-state index is -0.212. The van der Waals surface area contributed by atoms with Gasteiger partial charge >= 0.3 is 0 Å². The zero-order chi connectivity index (χ0) is 46.7. The Morgan fingerprint density at radius 3 is 0.922 bits per heavy atom. The zero-order valence-corrected chi connectivity index (χ0v) is 41.9. The van der Waals surface area contributed by atoms with E-state index in [0.29, 0.717) is 24.0 Å². The maximum absolute atomic E-state index is 11.3. The molecule has 0 N–H and O–H groups in total. The van der Waals surface area contributed by atoms with E-state index in [-0.39, 0.29) is 66.2 Å². The van der Waals surface area contributed by atoms with Gasteiger partial charge in [-0.1, -0.05) is 170 Å². The monoisotopic (exact) mass is 909 g/mol. The van der Waals surface area contributed by atoms with Gasteiger partial charge in [0.15, 0.2) is 0 Å². The highest BCUT2D eigenvalue weighted by molar-refractivity contribution is 6.21. The Morgan fingerprint density at radius 1 is 0.391 bits per heavy atom. The van der Waals surface area contributed by atoms with Gasteiger partial charge in [0.1, 0.15) is 0 Å². The molecule has 5 heterocycles. The first-order chi connectivity index (χ1) is 28.2. The summed E-state index contributed by atoms with van der Waals surface area (Å²) in [5, 5.41) is 0. The van der Waals surface area contributed by atoms with Gasteiger partial charge in [-0.2, -0.15) is 0 Å². The van der Waals surface area contributed by atoms with Crippen LogP contribution >= 0.6 is 0 Å². The Morgan fingerprint density at radius 2 is 0.656 bits per heavy atom. The van der Waals surface area contributed by atoms with Crippen LogP contribution in [0.4, 0.5) is 0 Å². The summed E-state index contributed by atoms with van der Waals surface area (Å²) in [5.74, 6) is -0.552. The lowest BCUT2D eigenvalue weighted by Crippen LogP contribution is -2.43. The molecule has 0 bridgehead atoms. The molecule has 0 aromatic heterocycles. The number of carbonyl (C=O) groups excluding carboxylic acids is 4. The molecule has 0 saturated carbocycles. The molecule has 0 atom stereocenters. The van der Waals surface area contributed by atoms with Crippen molar-refractivity contribution in [2.45, 2.75) is 173 Å². The number of likely N-dealkylation sites (N-methyl/N-ethyl adjacent to an activating group) is 2. The average molecular weight is 910 g/mol. The molecule has 0 aliphatic carbocycles. The number of rotatable bonds is 0. The summed E-state index contributed by atoms with van der Waals surface area (Å²) in [4.78, 5) is 56.6. The lowest BCUT2D eigenvalue weighted by Gasteiger charge is -2.32. The second-order valence-electron chi connectivity index (χ2n) is 14.1. The number of likely N-dealkylation sites (tertiary alicyclic amines) is 2. The second-order valence-corrected chi connectivity index (χ2v) is 14.1. The first kappa shape index (κ1) is 80.8. The molecular formula is C54H112N6O4. The van der Waals surface area contributed by atoms with Crippen LogP contribution in [0.5, 0.6) is 0 Å². The maximum atomic E-state index is 11.3. The van der Waals surface area contributed by atoms with E-state index in [1.54, 1.807) is 31.3 Å². The fourth-order valence-electron chi connectivity index (χ4n) is 5.85. The fraction of sp³-hybridized carbons (Fsp3) is 0.704. The summed E-state index contributed by atoms with van der Waals surface area (Å²) in [7, 11) is 11.7. The summed E-state index contributed by atoms with van der Waals surface area (Å²) in [5.41, 5.74) is 3.85. The average Bonchev–Trinajstić information content (AvgIpc) is 3.97. The standard InChI is InChI=1S/C9H7NO2.C9H11N.C8H13NO2.C6H14N2.C5H11N.6C2H6.5CH4/c1-10-8(11)6-4-2-3-5-7(6)9(10)12;1-10-6-8-4-2-3-5-9(8)7-10;1-8(2)4-6(10)9(3)7(11)5-8;1-7-3-5-8(2)6-4-7;1-6-4-2-3-5-6;6*1-2;;;;;/h2-5H,1H3;2-5H,6-7H2,1H3;4-5H2,1-3H3;3-6H2,1-2H3;2-5H2,1H3;6*1-2H3;5*1H4. The van der Waals surface area contributed by atoms with E-state index in [4.69, 9.17) is 0 Å². The second kappa shape index (κ2) is 49.0. The van der Waals surface area contributed by atoms with Gasteiger partial charge in [0.2, 0.25) is 11.8 Å². The number of piperazine rings is 1. The molecule has 5 aliphatic heterocycles. The Labute approximate surface area is 401 Å². The third-order valence-corrected chi connectivity index (χ3v) is 9.06. The number of nitrogens with zero attached hydrogens (tertiary/aromatic N) is 6. The molecule has 5 aliphatic rings. The van der Waals surface area contributed by atoms with Crippen LogP contribution in [0.2, 0.25) is 0 Å². The Hall–Kier alpha value is -3.44.